The van der Waals surface area contributed by atoms with E-state index in [0.717, 1.165) is 44.8 Å². The molecule has 30 heavy (non-hydrogen) atoms. The van der Waals surface area contributed by atoms with Crippen molar-refractivity contribution in [1.82, 2.24) is 4.90 Å². The van der Waals surface area contributed by atoms with Crippen molar-refractivity contribution < 1.29 is 9.47 Å². The van der Waals surface area contributed by atoms with Gasteiger partial charge in [-0.05, 0) is 87.7 Å². The lowest BCUT2D eigenvalue weighted by Gasteiger charge is -2.40. The maximum Gasteiger partial charge on any atom is 0.118 e. The maximum atomic E-state index is 6.02. The lowest BCUT2D eigenvalue weighted by molar-refractivity contribution is -0.0775. The average Bonchev–Trinajstić information content (AvgIpc) is 2.74. The highest BCUT2D eigenvalue weighted by atomic mass is 16.5. The van der Waals surface area contributed by atoms with Crippen LogP contribution in [0.2, 0.25) is 0 Å². The van der Waals surface area contributed by atoms with Crippen molar-refractivity contribution in [1.29, 1.82) is 0 Å². The number of methoxy groups -OCH3 is 1. The smallest absolute Gasteiger partial charge is 0.118 e. The van der Waals surface area contributed by atoms with E-state index in [4.69, 9.17) is 9.47 Å². The zero-order chi connectivity index (χ0) is 21.4. The van der Waals surface area contributed by atoms with E-state index in [-0.39, 0.29) is 5.60 Å². The third-order valence-electron chi connectivity index (χ3n) is 6.39. The molecule has 1 saturated heterocycles. The molecule has 3 rings (SSSR count). The molecule has 0 amide bonds. The maximum absolute atomic E-state index is 6.02. The van der Waals surface area contributed by atoms with Crippen LogP contribution < -0.4 is 4.74 Å². The summed E-state index contributed by atoms with van der Waals surface area (Å²) in [5.74, 6) is 2.19. The van der Waals surface area contributed by atoms with Crippen LogP contribution in [0.25, 0.3) is 0 Å². The van der Waals surface area contributed by atoms with E-state index in [1.807, 2.05) is 0 Å². The Morgan fingerprint density at radius 1 is 1.07 bits per heavy atom. The summed E-state index contributed by atoms with van der Waals surface area (Å²) in [6.45, 7) is 10.9. The number of ether oxygens (including phenoxy) is 2. The summed E-state index contributed by atoms with van der Waals surface area (Å²) in [5.41, 5.74) is 2.83. The fourth-order valence-electron chi connectivity index (χ4n) is 4.89. The molecule has 0 bridgehead atoms. The number of nitrogens with zero attached hydrogens (tertiary/aromatic N) is 1. The van der Waals surface area contributed by atoms with Gasteiger partial charge in [0.25, 0.3) is 0 Å². The molecule has 0 aliphatic carbocycles. The number of hydrogen-bond acceptors (Lipinski definition) is 3. The number of hydrogen-bond donors (Lipinski definition) is 0. The van der Waals surface area contributed by atoms with Crippen molar-refractivity contribution in [2.45, 2.75) is 64.5 Å². The van der Waals surface area contributed by atoms with Crippen molar-refractivity contribution >= 4 is 0 Å². The van der Waals surface area contributed by atoms with E-state index in [9.17, 15) is 0 Å². The minimum Gasteiger partial charge on any atom is -0.497 e. The van der Waals surface area contributed by atoms with Crippen LogP contribution in [0, 0.1) is 5.92 Å². The molecule has 2 aromatic carbocycles. The second-order valence-corrected chi connectivity index (χ2v) is 9.29. The Hall–Kier alpha value is -1.84. The predicted molar refractivity (Wildman–Crippen MR) is 125 cm³/mol. The molecule has 1 aliphatic heterocycles. The van der Waals surface area contributed by atoms with Gasteiger partial charge in [-0.15, -0.1) is 0 Å². The van der Waals surface area contributed by atoms with Gasteiger partial charge in [-0.25, -0.2) is 0 Å². The molecule has 0 radical (unpaired) electrons. The number of benzene rings is 2. The summed E-state index contributed by atoms with van der Waals surface area (Å²) < 4.78 is 11.3. The van der Waals surface area contributed by atoms with Crippen molar-refractivity contribution in [3.05, 3.63) is 65.7 Å². The minimum atomic E-state index is -0.0118. The van der Waals surface area contributed by atoms with Gasteiger partial charge in [0.15, 0.2) is 0 Å². The zero-order valence-corrected chi connectivity index (χ0v) is 19.3. The average molecular weight is 410 g/mol. The number of rotatable bonds is 10. The lowest BCUT2D eigenvalue weighted by atomic mass is 9.75. The molecule has 0 spiro atoms. The molecule has 2 atom stereocenters. The standard InChI is InChI=1S/C27H39NO2/c1-5-17-28(21-22-11-13-25(29-4)14-12-22)18-15-26(23-9-7-6-8-10-23)24-16-19-30-27(2,3)20-24/h6-14,24,26H,5,15-21H2,1-4H3/t24-,26-/m0/s1. The van der Waals surface area contributed by atoms with Gasteiger partial charge in [0.1, 0.15) is 5.75 Å². The molecular formula is C27H39NO2. The minimum absolute atomic E-state index is 0.0118. The third-order valence-corrected chi connectivity index (χ3v) is 6.39. The quantitative estimate of drug-likeness (QED) is 0.460. The van der Waals surface area contributed by atoms with Gasteiger partial charge in [-0.3, -0.25) is 4.90 Å². The Labute approximate surface area is 183 Å². The topological polar surface area (TPSA) is 21.7 Å². The molecule has 3 heteroatoms. The highest BCUT2D eigenvalue weighted by Crippen LogP contribution is 2.40. The predicted octanol–water partition coefficient (Wildman–Crippen LogP) is 6.29. The van der Waals surface area contributed by atoms with E-state index in [1.54, 1.807) is 7.11 Å². The van der Waals surface area contributed by atoms with Gasteiger partial charge in [0, 0.05) is 13.2 Å². The van der Waals surface area contributed by atoms with Gasteiger partial charge in [0.05, 0.1) is 12.7 Å². The van der Waals surface area contributed by atoms with E-state index in [2.05, 4.69) is 80.3 Å². The molecule has 164 valence electrons. The van der Waals surface area contributed by atoms with E-state index in [0.29, 0.717) is 11.8 Å². The van der Waals surface area contributed by atoms with Crippen molar-refractivity contribution in [3.63, 3.8) is 0 Å². The Balaban J connectivity index is 1.70. The van der Waals surface area contributed by atoms with Gasteiger partial charge in [-0.1, -0.05) is 49.4 Å². The summed E-state index contributed by atoms with van der Waals surface area (Å²) in [6.07, 6.45) is 4.67. The van der Waals surface area contributed by atoms with Gasteiger partial charge in [-0.2, -0.15) is 0 Å². The first-order valence-corrected chi connectivity index (χ1v) is 11.5. The molecule has 1 heterocycles. The Morgan fingerprint density at radius 3 is 2.43 bits per heavy atom. The van der Waals surface area contributed by atoms with E-state index >= 15 is 0 Å². The summed E-state index contributed by atoms with van der Waals surface area (Å²) in [6, 6.07) is 19.7. The molecule has 0 unspecified atom stereocenters. The van der Waals surface area contributed by atoms with Crippen molar-refractivity contribution in [2.24, 2.45) is 5.92 Å². The van der Waals surface area contributed by atoms with E-state index in [1.165, 1.54) is 24.0 Å². The Kier molecular flexibility index (Phi) is 8.35. The first kappa shape index (κ1) is 22.8. The summed E-state index contributed by atoms with van der Waals surface area (Å²) in [4.78, 5) is 2.61. The molecule has 1 aliphatic rings. The second-order valence-electron chi connectivity index (χ2n) is 9.29. The van der Waals surface area contributed by atoms with Gasteiger partial charge in [0.2, 0.25) is 0 Å². The van der Waals surface area contributed by atoms with Gasteiger partial charge < -0.3 is 9.47 Å². The van der Waals surface area contributed by atoms with Crippen LogP contribution in [0.1, 0.15) is 63.5 Å². The first-order valence-electron chi connectivity index (χ1n) is 11.5. The highest BCUT2D eigenvalue weighted by Gasteiger charge is 2.34. The fourth-order valence-corrected chi connectivity index (χ4v) is 4.89. The third kappa shape index (κ3) is 6.58. The lowest BCUT2D eigenvalue weighted by Crippen LogP contribution is -2.37. The summed E-state index contributed by atoms with van der Waals surface area (Å²) in [5, 5.41) is 0. The SMILES string of the molecule is CCCN(CC[C@@H](c1ccccc1)[C@H]1CCOC(C)(C)C1)Cc1ccc(OC)cc1. The highest BCUT2D eigenvalue weighted by molar-refractivity contribution is 5.27. The molecule has 0 aromatic heterocycles. The van der Waals surface area contributed by atoms with Crippen LogP contribution >= 0.6 is 0 Å². The van der Waals surface area contributed by atoms with Crippen LogP contribution in [-0.2, 0) is 11.3 Å². The van der Waals surface area contributed by atoms with Crippen LogP contribution in [-0.4, -0.2) is 37.3 Å². The molecule has 0 saturated carbocycles. The van der Waals surface area contributed by atoms with E-state index < -0.39 is 0 Å². The molecule has 0 N–H and O–H groups in total. The largest absolute Gasteiger partial charge is 0.497 e. The van der Waals surface area contributed by atoms with Crippen molar-refractivity contribution in [3.8, 4) is 5.75 Å². The van der Waals surface area contributed by atoms with Gasteiger partial charge >= 0.3 is 0 Å². The molecule has 2 aromatic rings. The fraction of sp³-hybridized carbons (Fsp3) is 0.556. The molecular weight excluding hydrogens is 370 g/mol. The first-order chi connectivity index (χ1) is 14.5. The van der Waals surface area contributed by atoms with Crippen LogP contribution in [0.4, 0.5) is 0 Å². The summed E-state index contributed by atoms with van der Waals surface area (Å²) >= 11 is 0. The molecule has 3 nitrogen and oxygen atoms in total. The summed E-state index contributed by atoms with van der Waals surface area (Å²) in [7, 11) is 1.72. The normalized spacial score (nSPS) is 19.6. The zero-order valence-electron chi connectivity index (χ0n) is 19.3. The Morgan fingerprint density at radius 2 is 1.80 bits per heavy atom. The Bertz CT molecular complexity index is 741. The molecule has 1 fully saturated rings. The monoisotopic (exact) mass is 409 g/mol. The van der Waals surface area contributed by atoms with Crippen LogP contribution in [0.15, 0.2) is 54.6 Å². The van der Waals surface area contributed by atoms with Crippen LogP contribution in [0.3, 0.4) is 0 Å². The van der Waals surface area contributed by atoms with Crippen molar-refractivity contribution in [2.75, 3.05) is 26.8 Å². The second kappa shape index (κ2) is 11.0. The van der Waals surface area contributed by atoms with Crippen LogP contribution in [0.5, 0.6) is 5.75 Å².